The molecule has 0 aliphatic carbocycles. The zero-order valence-corrected chi connectivity index (χ0v) is 12.6. The van der Waals surface area contributed by atoms with Crippen molar-refractivity contribution in [3.63, 3.8) is 0 Å². The van der Waals surface area contributed by atoms with Crippen LogP contribution in [0.4, 0.5) is 11.4 Å². The molecule has 0 aliphatic heterocycles. The highest BCUT2D eigenvalue weighted by molar-refractivity contribution is 7.90. The molecule has 0 unspecified atom stereocenters. The lowest BCUT2D eigenvalue weighted by molar-refractivity contribution is -0.386. The second-order valence-corrected chi connectivity index (χ2v) is 6.43. The quantitative estimate of drug-likeness (QED) is 0.439. The first-order chi connectivity index (χ1) is 9.73. The Kier molecular flexibility index (Phi) is 5.65. The molecule has 9 heteroatoms. The van der Waals surface area contributed by atoms with Gasteiger partial charge in [0.2, 0.25) is 5.91 Å². The Morgan fingerprint density at radius 1 is 1.33 bits per heavy atom. The van der Waals surface area contributed by atoms with Crippen LogP contribution in [0, 0.1) is 10.1 Å². The average Bonchev–Trinajstić information content (AvgIpc) is 2.36. The van der Waals surface area contributed by atoms with Gasteiger partial charge in [0.1, 0.15) is 10.6 Å². The molecule has 0 bridgehead atoms. The monoisotopic (exact) mass is 315 g/mol. The first-order valence-electron chi connectivity index (χ1n) is 6.19. The summed E-state index contributed by atoms with van der Waals surface area (Å²) in [6.45, 7) is 2.20. The van der Waals surface area contributed by atoms with Crippen LogP contribution in [0.5, 0.6) is 0 Å². The van der Waals surface area contributed by atoms with Gasteiger partial charge in [-0.25, -0.2) is 8.42 Å². The van der Waals surface area contributed by atoms with Crippen molar-refractivity contribution in [1.29, 1.82) is 0 Å². The summed E-state index contributed by atoms with van der Waals surface area (Å²) in [6, 6.07) is 4.10. The molecule has 21 heavy (non-hydrogen) atoms. The lowest BCUT2D eigenvalue weighted by Gasteiger charge is -2.09. The number of benzene rings is 1. The van der Waals surface area contributed by atoms with Crippen molar-refractivity contribution < 1.29 is 18.1 Å². The molecule has 1 aromatic rings. The molecule has 0 spiro atoms. The normalized spacial score (nSPS) is 11.0. The van der Waals surface area contributed by atoms with Crippen LogP contribution in [0.3, 0.4) is 0 Å². The third kappa shape index (κ3) is 5.03. The molecular weight excluding hydrogens is 298 g/mol. The second kappa shape index (κ2) is 7.02. The molecule has 0 aliphatic rings. The molecule has 1 rings (SSSR count). The van der Waals surface area contributed by atoms with Gasteiger partial charge in [-0.15, -0.1) is 0 Å². The van der Waals surface area contributed by atoms with Gasteiger partial charge in [0.15, 0.2) is 9.84 Å². The predicted octanol–water partition coefficient (Wildman–Crippen LogP) is 0.936. The minimum atomic E-state index is -3.69. The first-order valence-corrected chi connectivity index (χ1v) is 8.08. The van der Waals surface area contributed by atoms with Crippen molar-refractivity contribution >= 4 is 27.1 Å². The number of nitrogens with zero attached hydrogens (tertiary/aromatic N) is 1. The van der Waals surface area contributed by atoms with Crippen LogP contribution in [0.2, 0.25) is 0 Å². The van der Waals surface area contributed by atoms with Gasteiger partial charge in [-0.1, -0.05) is 6.07 Å². The van der Waals surface area contributed by atoms with Gasteiger partial charge in [0.05, 0.1) is 4.92 Å². The average molecular weight is 315 g/mol. The van der Waals surface area contributed by atoms with Crippen LogP contribution in [0.15, 0.2) is 23.1 Å². The minimum absolute atomic E-state index is 0.144. The van der Waals surface area contributed by atoms with Gasteiger partial charge in [-0.2, -0.15) is 0 Å². The number of hydrogen-bond donors (Lipinski definition) is 2. The van der Waals surface area contributed by atoms with Crippen LogP contribution < -0.4 is 10.6 Å². The first kappa shape index (κ1) is 16.9. The van der Waals surface area contributed by atoms with Crippen molar-refractivity contribution in [1.82, 2.24) is 5.32 Å². The largest absolute Gasteiger partial charge is 0.379 e. The summed E-state index contributed by atoms with van der Waals surface area (Å²) in [5.74, 6) is -0.153. The predicted molar refractivity (Wildman–Crippen MR) is 78.0 cm³/mol. The minimum Gasteiger partial charge on any atom is -0.379 e. The van der Waals surface area contributed by atoms with Gasteiger partial charge in [-0.3, -0.25) is 14.9 Å². The van der Waals surface area contributed by atoms with E-state index in [1.807, 2.05) is 0 Å². The number of nitro groups is 1. The Morgan fingerprint density at radius 3 is 2.52 bits per heavy atom. The molecular formula is C12H17N3O5S. The molecule has 0 radical (unpaired) electrons. The number of carbonyl (C=O) groups excluding carboxylic acids is 1. The van der Waals surface area contributed by atoms with Crippen molar-refractivity contribution in [2.75, 3.05) is 24.7 Å². The molecule has 8 nitrogen and oxygen atoms in total. The molecule has 116 valence electrons. The van der Waals surface area contributed by atoms with E-state index in [1.165, 1.54) is 25.1 Å². The van der Waals surface area contributed by atoms with Crippen LogP contribution >= 0.6 is 0 Å². The van der Waals surface area contributed by atoms with E-state index in [-0.39, 0.29) is 16.5 Å². The molecule has 0 saturated heterocycles. The summed E-state index contributed by atoms with van der Waals surface area (Å²) in [4.78, 5) is 20.8. The summed E-state index contributed by atoms with van der Waals surface area (Å²) in [6.07, 6.45) is 1.48. The van der Waals surface area contributed by atoms with Crippen molar-refractivity contribution in [3.8, 4) is 0 Å². The summed E-state index contributed by atoms with van der Waals surface area (Å²) < 4.78 is 23.2. The number of anilines is 1. The smallest absolute Gasteiger partial charge is 0.310 e. The Labute approximate surface area is 122 Å². The molecule has 1 aromatic carbocycles. The zero-order valence-electron chi connectivity index (χ0n) is 11.8. The van der Waals surface area contributed by atoms with E-state index in [1.54, 1.807) is 0 Å². The van der Waals surface area contributed by atoms with E-state index in [4.69, 9.17) is 0 Å². The summed E-state index contributed by atoms with van der Waals surface area (Å²) >= 11 is 0. The maximum absolute atomic E-state index is 11.6. The number of para-hydroxylation sites is 1. The molecule has 0 aromatic heterocycles. The van der Waals surface area contributed by atoms with Crippen molar-refractivity contribution in [3.05, 3.63) is 28.3 Å². The summed E-state index contributed by atoms with van der Waals surface area (Å²) in [7, 11) is -3.69. The van der Waals surface area contributed by atoms with Crippen molar-refractivity contribution in [2.45, 2.75) is 18.2 Å². The van der Waals surface area contributed by atoms with E-state index >= 15 is 0 Å². The molecule has 0 saturated carbocycles. The summed E-state index contributed by atoms with van der Waals surface area (Å²) in [5.41, 5.74) is -0.315. The lowest BCUT2D eigenvalue weighted by atomic mass is 10.2. The number of carbonyl (C=O) groups is 1. The van der Waals surface area contributed by atoms with Crippen LogP contribution in [0.1, 0.15) is 13.3 Å². The maximum Gasteiger partial charge on any atom is 0.310 e. The van der Waals surface area contributed by atoms with Crippen LogP contribution in [-0.2, 0) is 14.6 Å². The third-order valence-electron chi connectivity index (χ3n) is 2.62. The number of amides is 1. The highest BCUT2D eigenvalue weighted by Crippen LogP contribution is 2.31. The van der Waals surface area contributed by atoms with E-state index in [0.29, 0.717) is 19.5 Å². The number of hydrogen-bond acceptors (Lipinski definition) is 6. The van der Waals surface area contributed by atoms with Gasteiger partial charge in [0, 0.05) is 26.3 Å². The fourth-order valence-electron chi connectivity index (χ4n) is 1.73. The number of nitro benzene ring substituents is 1. The van der Waals surface area contributed by atoms with E-state index in [9.17, 15) is 23.3 Å². The van der Waals surface area contributed by atoms with E-state index in [2.05, 4.69) is 10.6 Å². The van der Waals surface area contributed by atoms with Crippen LogP contribution in [0.25, 0.3) is 0 Å². The lowest BCUT2D eigenvalue weighted by Crippen LogP contribution is -2.22. The fourth-order valence-corrected chi connectivity index (χ4v) is 2.59. The molecule has 1 amide bonds. The van der Waals surface area contributed by atoms with E-state index in [0.717, 1.165) is 6.26 Å². The highest BCUT2D eigenvalue weighted by atomic mass is 32.2. The molecule has 0 atom stereocenters. The van der Waals surface area contributed by atoms with Crippen LogP contribution in [-0.4, -0.2) is 38.6 Å². The third-order valence-corrected chi connectivity index (χ3v) is 3.75. The molecule has 2 N–H and O–H groups in total. The standard InChI is InChI=1S/C12H17N3O5S/c1-9(16)13-7-4-8-14-10-5-3-6-11(21(2,19)20)12(10)15(17)18/h3,5-6,14H,4,7-8H2,1-2H3,(H,13,16). The van der Waals surface area contributed by atoms with Gasteiger partial charge in [-0.05, 0) is 18.6 Å². The number of rotatable bonds is 7. The van der Waals surface area contributed by atoms with Crippen molar-refractivity contribution in [2.24, 2.45) is 0 Å². The summed E-state index contributed by atoms with van der Waals surface area (Å²) in [5, 5.41) is 16.5. The fraction of sp³-hybridized carbons (Fsp3) is 0.417. The Balaban J connectivity index is 2.88. The second-order valence-electron chi connectivity index (χ2n) is 4.44. The number of sulfone groups is 1. The van der Waals surface area contributed by atoms with Gasteiger partial charge < -0.3 is 10.6 Å². The topological polar surface area (TPSA) is 118 Å². The zero-order chi connectivity index (χ0) is 16.0. The molecule has 0 heterocycles. The highest BCUT2D eigenvalue weighted by Gasteiger charge is 2.25. The Hall–Kier alpha value is -2.16. The Bertz CT molecular complexity index is 642. The SMILES string of the molecule is CC(=O)NCCCNc1cccc(S(C)(=O)=O)c1[N+](=O)[O-]. The van der Waals surface area contributed by atoms with Gasteiger partial charge in [0.25, 0.3) is 0 Å². The van der Waals surface area contributed by atoms with Gasteiger partial charge >= 0.3 is 5.69 Å². The Morgan fingerprint density at radius 2 is 2.00 bits per heavy atom. The van der Waals surface area contributed by atoms with E-state index < -0.39 is 20.4 Å². The number of nitrogens with one attached hydrogen (secondary N) is 2. The maximum atomic E-state index is 11.6. The molecule has 0 fully saturated rings.